The largest absolute Gasteiger partial charge is 0.489 e. The number of rotatable bonds is 2. The lowest BCUT2D eigenvalue weighted by Crippen LogP contribution is -2.36. The van der Waals surface area contributed by atoms with E-state index in [1.807, 2.05) is 6.92 Å². The van der Waals surface area contributed by atoms with Crippen LogP contribution in [0.1, 0.15) is 34.6 Å². The molecule has 74 valence electrons. The predicted octanol–water partition coefficient (Wildman–Crippen LogP) is 2.44. The van der Waals surface area contributed by atoms with Gasteiger partial charge in [-0.25, -0.2) is 0 Å². The van der Waals surface area contributed by atoms with Crippen molar-refractivity contribution in [2.75, 3.05) is 0 Å². The van der Waals surface area contributed by atoms with Gasteiger partial charge in [0.1, 0.15) is 0 Å². The van der Waals surface area contributed by atoms with Crippen LogP contribution in [0.4, 0.5) is 0 Å². The molecule has 1 aliphatic heterocycles. The van der Waals surface area contributed by atoms with Crippen molar-refractivity contribution >= 4 is 7.12 Å². The summed E-state index contributed by atoms with van der Waals surface area (Å²) in [5, 5.41) is 0. The predicted molar refractivity (Wildman–Crippen MR) is 55.4 cm³/mol. The first-order valence-corrected chi connectivity index (χ1v) is 4.83. The Kier molecular flexibility index (Phi) is 2.88. The van der Waals surface area contributed by atoms with Crippen LogP contribution >= 0.6 is 0 Å². The Bertz CT molecular complexity index is 211. The number of hydrogen-bond acceptors (Lipinski definition) is 2. The van der Waals surface area contributed by atoms with Crippen LogP contribution in [0.5, 0.6) is 0 Å². The van der Waals surface area contributed by atoms with Crippen molar-refractivity contribution in [1.82, 2.24) is 0 Å². The van der Waals surface area contributed by atoms with E-state index in [9.17, 15) is 0 Å². The maximum atomic E-state index is 5.78. The van der Waals surface area contributed by atoms with Gasteiger partial charge in [-0.2, -0.15) is 0 Å². The standard InChI is InChI=1S/C10H19BO2/c1-7(2)9-10(5,6)13-11(12-9)8(3)4/h7,9H,3H2,1-2,4-6H3. The van der Waals surface area contributed by atoms with E-state index < -0.39 is 0 Å². The minimum absolute atomic E-state index is 0.161. The zero-order valence-corrected chi connectivity index (χ0v) is 9.26. The topological polar surface area (TPSA) is 18.5 Å². The van der Waals surface area contributed by atoms with Gasteiger partial charge in [0.25, 0.3) is 0 Å². The zero-order valence-electron chi connectivity index (χ0n) is 9.26. The molecule has 0 amide bonds. The van der Waals surface area contributed by atoms with Crippen LogP contribution in [0.15, 0.2) is 12.1 Å². The van der Waals surface area contributed by atoms with Gasteiger partial charge in [0.2, 0.25) is 0 Å². The molecule has 13 heavy (non-hydrogen) atoms. The molecule has 1 unspecified atom stereocenters. The molecule has 1 heterocycles. The van der Waals surface area contributed by atoms with Gasteiger partial charge >= 0.3 is 7.12 Å². The average Bonchev–Trinajstić information content (AvgIpc) is 2.25. The van der Waals surface area contributed by atoms with E-state index in [0.717, 1.165) is 5.47 Å². The summed E-state index contributed by atoms with van der Waals surface area (Å²) in [7, 11) is -0.220. The smallest absolute Gasteiger partial charge is 0.401 e. The lowest BCUT2D eigenvalue weighted by atomic mass is 9.81. The Morgan fingerprint density at radius 3 is 2.23 bits per heavy atom. The van der Waals surface area contributed by atoms with Crippen LogP contribution in [0.2, 0.25) is 0 Å². The van der Waals surface area contributed by atoms with Gasteiger partial charge in [0, 0.05) is 0 Å². The van der Waals surface area contributed by atoms with E-state index in [2.05, 4.69) is 34.3 Å². The van der Waals surface area contributed by atoms with E-state index >= 15 is 0 Å². The molecule has 0 bridgehead atoms. The third-order valence-corrected chi connectivity index (χ3v) is 2.37. The average molecular weight is 182 g/mol. The highest BCUT2D eigenvalue weighted by Crippen LogP contribution is 2.33. The third-order valence-electron chi connectivity index (χ3n) is 2.37. The third kappa shape index (κ3) is 2.15. The summed E-state index contributed by atoms with van der Waals surface area (Å²) in [5.41, 5.74) is 0.744. The molecule has 0 saturated carbocycles. The molecule has 3 heteroatoms. The first-order valence-electron chi connectivity index (χ1n) is 4.83. The molecule has 1 rings (SSSR count). The molecule has 0 aromatic rings. The summed E-state index contributed by atoms with van der Waals surface area (Å²) in [6.07, 6.45) is 0.161. The molecule has 0 N–H and O–H groups in total. The van der Waals surface area contributed by atoms with Gasteiger partial charge in [-0.1, -0.05) is 19.3 Å². The number of allylic oxidation sites excluding steroid dienone is 1. The SMILES string of the molecule is C=C(C)B1OC(C(C)C)C(C)(C)O1. The van der Waals surface area contributed by atoms with Crippen molar-refractivity contribution in [3.63, 3.8) is 0 Å². The lowest BCUT2D eigenvalue weighted by Gasteiger charge is -2.28. The minimum atomic E-state index is -0.220. The summed E-state index contributed by atoms with van der Waals surface area (Å²) in [4.78, 5) is 0. The fourth-order valence-corrected chi connectivity index (χ4v) is 1.84. The van der Waals surface area contributed by atoms with Crippen molar-refractivity contribution < 1.29 is 9.31 Å². The van der Waals surface area contributed by atoms with Crippen LogP contribution in [-0.2, 0) is 9.31 Å². The van der Waals surface area contributed by atoms with Gasteiger partial charge in [-0.3, -0.25) is 0 Å². The molecule has 0 spiro atoms. The van der Waals surface area contributed by atoms with Crippen molar-refractivity contribution in [3.05, 3.63) is 12.1 Å². The van der Waals surface area contributed by atoms with Crippen LogP contribution in [-0.4, -0.2) is 18.8 Å². The second-order valence-corrected chi connectivity index (χ2v) is 4.70. The Morgan fingerprint density at radius 2 is 2.00 bits per heavy atom. The highest BCUT2D eigenvalue weighted by atomic mass is 16.7. The summed E-state index contributed by atoms with van der Waals surface area (Å²) in [6.45, 7) is 14.2. The van der Waals surface area contributed by atoms with Crippen LogP contribution in [0, 0.1) is 5.92 Å². The zero-order chi connectivity index (χ0) is 10.2. The summed E-state index contributed by atoms with van der Waals surface area (Å²) >= 11 is 0. The van der Waals surface area contributed by atoms with Crippen molar-refractivity contribution in [3.8, 4) is 0 Å². The summed E-state index contributed by atoms with van der Waals surface area (Å²) in [6, 6.07) is 0. The fraction of sp³-hybridized carbons (Fsp3) is 0.800. The van der Waals surface area contributed by atoms with Crippen molar-refractivity contribution in [2.24, 2.45) is 5.92 Å². The van der Waals surface area contributed by atoms with Gasteiger partial charge in [-0.05, 0) is 26.7 Å². The normalized spacial score (nSPS) is 26.9. The molecule has 0 aliphatic carbocycles. The van der Waals surface area contributed by atoms with Gasteiger partial charge in [0.05, 0.1) is 11.7 Å². The molecule has 0 radical (unpaired) electrons. The highest BCUT2D eigenvalue weighted by Gasteiger charge is 2.46. The Balaban J connectivity index is 2.73. The summed E-state index contributed by atoms with van der Waals surface area (Å²) in [5.74, 6) is 0.472. The van der Waals surface area contributed by atoms with E-state index in [0.29, 0.717) is 5.92 Å². The monoisotopic (exact) mass is 182 g/mol. The van der Waals surface area contributed by atoms with Crippen molar-refractivity contribution in [2.45, 2.75) is 46.3 Å². The molecule has 0 aromatic heterocycles. The molecule has 1 aliphatic rings. The Labute approximate surface area is 81.4 Å². The first kappa shape index (κ1) is 10.8. The quantitative estimate of drug-likeness (QED) is 0.610. The Hall–Kier alpha value is -0.275. The first-order chi connectivity index (χ1) is 5.84. The van der Waals surface area contributed by atoms with E-state index in [1.165, 1.54) is 0 Å². The van der Waals surface area contributed by atoms with Crippen LogP contribution in [0.3, 0.4) is 0 Å². The second kappa shape index (κ2) is 3.47. The maximum absolute atomic E-state index is 5.78. The number of hydrogen-bond donors (Lipinski definition) is 0. The lowest BCUT2D eigenvalue weighted by molar-refractivity contribution is 0.0438. The summed E-state index contributed by atoms with van der Waals surface area (Å²) < 4.78 is 11.5. The van der Waals surface area contributed by atoms with Gasteiger partial charge in [-0.15, -0.1) is 6.58 Å². The second-order valence-electron chi connectivity index (χ2n) is 4.70. The van der Waals surface area contributed by atoms with E-state index in [4.69, 9.17) is 9.31 Å². The molecular weight excluding hydrogens is 163 g/mol. The fourth-order valence-electron chi connectivity index (χ4n) is 1.84. The van der Waals surface area contributed by atoms with Crippen LogP contribution < -0.4 is 0 Å². The Morgan fingerprint density at radius 1 is 1.46 bits per heavy atom. The minimum Gasteiger partial charge on any atom is -0.401 e. The molecule has 1 fully saturated rings. The van der Waals surface area contributed by atoms with Crippen LogP contribution in [0.25, 0.3) is 0 Å². The van der Waals surface area contributed by atoms with Crippen molar-refractivity contribution in [1.29, 1.82) is 0 Å². The molecule has 1 atom stereocenters. The molecule has 0 aromatic carbocycles. The van der Waals surface area contributed by atoms with E-state index in [-0.39, 0.29) is 18.8 Å². The van der Waals surface area contributed by atoms with E-state index in [1.54, 1.807) is 0 Å². The highest BCUT2D eigenvalue weighted by molar-refractivity contribution is 6.54. The van der Waals surface area contributed by atoms with Gasteiger partial charge in [0.15, 0.2) is 0 Å². The molecule has 2 nitrogen and oxygen atoms in total. The molecule has 1 saturated heterocycles. The van der Waals surface area contributed by atoms with Gasteiger partial charge < -0.3 is 9.31 Å². The molecular formula is C10H19BO2. The maximum Gasteiger partial charge on any atom is 0.489 e.